The lowest BCUT2D eigenvalue weighted by Crippen LogP contribution is -2.27. The van der Waals surface area contributed by atoms with Crippen molar-refractivity contribution in [3.8, 4) is 0 Å². The molecule has 2 N–H and O–H groups in total. The van der Waals surface area contributed by atoms with Gasteiger partial charge in [0.05, 0.1) is 6.54 Å². The normalized spacial score (nSPS) is 23.2. The van der Waals surface area contributed by atoms with Crippen molar-refractivity contribution in [2.24, 2.45) is 12.8 Å². The smallest absolute Gasteiger partial charge is 0.147 e. The van der Waals surface area contributed by atoms with Crippen LogP contribution in [0.5, 0.6) is 0 Å². The fourth-order valence-corrected chi connectivity index (χ4v) is 1.90. The number of likely N-dealkylation sites (tertiary alicyclic amines) is 1. The van der Waals surface area contributed by atoms with Crippen LogP contribution < -0.4 is 5.73 Å². The first kappa shape index (κ1) is 9.61. The Labute approximate surface area is 83.9 Å². The first-order valence-corrected chi connectivity index (χ1v) is 4.99. The van der Waals surface area contributed by atoms with Crippen molar-refractivity contribution in [1.29, 1.82) is 0 Å². The SMILES string of the molecule is Cc1nc(CN2CCC(N)C2)n(C)n1. The summed E-state index contributed by atoms with van der Waals surface area (Å²) in [5.41, 5.74) is 5.84. The molecule has 1 aliphatic heterocycles. The Morgan fingerprint density at radius 2 is 2.36 bits per heavy atom. The number of nitrogens with zero attached hydrogens (tertiary/aromatic N) is 4. The molecule has 5 heteroatoms. The van der Waals surface area contributed by atoms with E-state index >= 15 is 0 Å². The van der Waals surface area contributed by atoms with Crippen molar-refractivity contribution < 1.29 is 0 Å². The first-order chi connectivity index (χ1) is 6.65. The molecule has 2 heterocycles. The van der Waals surface area contributed by atoms with Gasteiger partial charge >= 0.3 is 0 Å². The van der Waals surface area contributed by atoms with Gasteiger partial charge in [-0.25, -0.2) is 4.98 Å². The first-order valence-electron chi connectivity index (χ1n) is 4.99. The van der Waals surface area contributed by atoms with E-state index in [0.717, 1.165) is 37.7 Å². The molecule has 0 radical (unpaired) electrons. The monoisotopic (exact) mass is 195 g/mol. The Hall–Kier alpha value is -0.940. The predicted molar refractivity (Wildman–Crippen MR) is 53.6 cm³/mol. The molecule has 1 saturated heterocycles. The summed E-state index contributed by atoms with van der Waals surface area (Å²) in [5, 5.41) is 4.22. The highest BCUT2D eigenvalue weighted by molar-refractivity contribution is 4.92. The topological polar surface area (TPSA) is 60.0 Å². The van der Waals surface area contributed by atoms with Crippen molar-refractivity contribution >= 4 is 0 Å². The van der Waals surface area contributed by atoms with Crippen LogP contribution in [0.2, 0.25) is 0 Å². The van der Waals surface area contributed by atoms with Gasteiger partial charge < -0.3 is 5.73 Å². The molecule has 0 spiro atoms. The summed E-state index contributed by atoms with van der Waals surface area (Å²) in [6.45, 7) is 4.84. The highest BCUT2D eigenvalue weighted by Crippen LogP contribution is 2.10. The van der Waals surface area contributed by atoms with Gasteiger partial charge in [-0.15, -0.1) is 0 Å². The van der Waals surface area contributed by atoms with Crippen molar-refractivity contribution in [2.45, 2.75) is 25.9 Å². The third-order valence-electron chi connectivity index (χ3n) is 2.63. The van der Waals surface area contributed by atoms with Gasteiger partial charge in [0, 0.05) is 26.2 Å². The maximum absolute atomic E-state index is 5.84. The van der Waals surface area contributed by atoms with Crippen LogP contribution in [0, 0.1) is 6.92 Å². The van der Waals surface area contributed by atoms with Gasteiger partial charge in [-0.2, -0.15) is 5.10 Å². The Morgan fingerprint density at radius 3 is 2.86 bits per heavy atom. The van der Waals surface area contributed by atoms with Crippen LogP contribution >= 0.6 is 0 Å². The quantitative estimate of drug-likeness (QED) is 0.701. The average molecular weight is 195 g/mol. The molecule has 2 rings (SSSR count). The highest BCUT2D eigenvalue weighted by Gasteiger charge is 2.20. The fraction of sp³-hybridized carbons (Fsp3) is 0.778. The molecule has 1 atom stereocenters. The van der Waals surface area contributed by atoms with E-state index in [0.29, 0.717) is 6.04 Å². The van der Waals surface area contributed by atoms with Gasteiger partial charge in [0.25, 0.3) is 0 Å². The van der Waals surface area contributed by atoms with Gasteiger partial charge in [0.15, 0.2) is 0 Å². The van der Waals surface area contributed by atoms with Crippen LogP contribution in [0.4, 0.5) is 0 Å². The summed E-state index contributed by atoms with van der Waals surface area (Å²) >= 11 is 0. The molecule has 1 unspecified atom stereocenters. The molecular formula is C9H17N5. The summed E-state index contributed by atoms with van der Waals surface area (Å²) in [6.07, 6.45) is 1.09. The second kappa shape index (κ2) is 3.67. The molecule has 0 saturated carbocycles. The Kier molecular flexibility index (Phi) is 2.52. The zero-order valence-corrected chi connectivity index (χ0v) is 8.77. The molecule has 5 nitrogen and oxygen atoms in total. The van der Waals surface area contributed by atoms with E-state index in [9.17, 15) is 0 Å². The van der Waals surface area contributed by atoms with E-state index in [-0.39, 0.29) is 0 Å². The number of hydrogen-bond acceptors (Lipinski definition) is 4. The van der Waals surface area contributed by atoms with Crippen molar-refractivity contribution in [2.75, 3.05) is 13.1 Å². The number of hydrogen-bond donors (Lipinski definition) is 1. The summed E-state index contributed by atoms with van der Waals surface area (Å²) < 4.78 is 1.85. The van der Waals surface area contributed by atoms with Crippen molar-refractivity contribution in [3.05, 3.63) is 11.6 Å². The highest BCUT2D eigenvalue weighted by atomic mass is 15.3. The van der Waals surface area contributed by atoms with E-state index in [1.165, 1.54) is 0 Å². The third kappa shape index (κ3) is 1.93. The largest absolute Gasteiger partial charge is 0.326 e. The summed E-state index contributed by atoms with van der Waals surface area (Å²) in [7, 11) is 1.94. The van der Waals surface area contributed by atoms with Crippen LogP contribution in [0.25, 0.3) is 0 Å². The van der Waals surface area contributed by atoms with Crippen LogP contribution in [0.1, 0.15) is 18.1 Å². The van der Waals surface area contributed by atoms with Crippen LogP contribution in [-0.4, -0.2) is 38.8 Å². The van der Waals surface area contributed by atoms with Crippen molar-refractivity contribution in [1.82, 2.24) is 19.7 Å². The molecule has 1 aromatic heterocycles. The van der Waals surface area contributed by atoms with E-state index < -0.39 is 0 Å². The van der Waals surface area contributed by atoms with Crippen LogP contribution in [-0.2, 0) is 13.6 Å². The zero-order chi connectivity index (χ0) is 10.1. The molecular weight excluding hydrogens is 178 g/mol. The van der Waals surface area contributed by atoms with Gasteiger partial charge in [-0.3, -0.25) is 9.58 Å². The minimum atomic E-state index is 0.337. The maximum Gasteiger partial charge on any atom is 0.147 e. The Morgan fingerprint density at radius 1 is 1.57 bits per heavy atom. The standard InChI is InChI=1S/C9H17N5/c1-7-11-9(13(2)12-7)6-14-4-3-8(10)5-14/h8H,3-6,10H2,1-2H3. The average Bonchev–Trinajstić information content (AvgIpc) is 2.61. The molecule has 0 bridgehead atoms. The lowest BCUT2D eigenvalue weighted by molar-refractivity contribution is 0.312. The Bertz CT molecular complexity index is 319. The molecule has 0 aliphatic carbocycles. The van der Waals surface area contributed by atoms with E-state index in [1.807, 2.05) is 18.7 Å². The molecule has 14 heavy (non-hydrogen) atoms. The number of aryl methyl sites for hydroxylation is 2. The van der Waals surface area contributed by atoms with Gasteiger partial charge in [0.2, 0.25) is 0 Å². The zero-order valence-electron chi connectivity index (χ0n) is 8.77. The fourth-order valence-electron chi connectivity index (χ4n) is 1.90. The maximum atomic E-state index is 5.84. The molecule has 0 aromatic carbocycles. The summed E-state index contributed by atoms with van der Waals surface area (Å²) in [4.78, 5) is 6.70. The minimum absolute atomic E-state index is 0.337. The van der Waals surface area contributed by atoms with Gasteiger partial charge in [-0.05, 0) is 13.3 Å². The van der Waals surface area contributed by atoms with Crippen LogP contribution in [0.3, 0.4) is 0 Å². The van der Waals surface area contributed by atoms with Crippen LogP contribution in [0.15, 0.2) is 0 Å². The summed E-state index contributed by atoms with van der Waals surface area (Å²) in [5.74, 6) is 1.86. The number of rotatable bonds is 2. The minimum Gasteiger partial charge on any atom is -0.326 e. The third-order valence-corrected chi connectivity index (χ3v) is 2.63. The Balaban J connectivity index is 2.00. The lowest BCUT2D eigenvalue weighted by atomic mass is 10.3. The lowest BCUT2D eigenvalue weighted by Gasteiger charge is -2.13. The molecule has 78 valence electrons. The van der Waals surface area contributed by atoms with Crippen molar-refractivity contribution in [3.63, 3.8) is 0 Å². The van der Waals surface area contributed by atoms with Gasteiger partial charge in [-0.1, -0.05) is 0 Å². The van der Waals surface area contributed by atoms with E-state index in [4.69, 9.17) is 5.73 Å². The molecule has 1 aliphatic rings. The predicted octanol–water partition coefficient (Wildman–Crippen LogP) is -0.343. The number of aromatic nitrogens is 3. The van der Waals surface area contributed by atoms with E-state index in [1.54, 1.807) is 0 Å². The molecule has 1 fully saturated rings. The van der Waals surface area contributed by atoms with Gasteiger partial charge in [0.1, 0.15) is 11.6 Å². The van der Waals surface area contributed by atoms with E-state index in [2.05, 4.69) is 15.0 Å². The second-order valence-corrected chi connectivity index (χ2v) is 3.98. The molecule has 1 aromatic rings. The number of nitrogens with two attached hydrogens (primary N) is 1. The second-order valence-electron chi connectivity index (χ2n) is 3.98. The molecule has 0 amide bonds. The summed E-state index contributed by atoms with van der Waals surface area (Å²) in [6, 6.07) is 0.337.